The summed E-state index contributed by atoms with van der Waals surface area (Å²) in [6.07, 6.45) is 4.63. The molecule has 2 aromatic carbocycles. The van der Waals surface area contributed by atoms with E-state index in [0.717, 1.165) is 16.5 Å². The van der Waals surface area contributed by atoms with Crippen molar-refractivity contribution in [2.45, 2.75) is 6.92 Å². The first-order valence-electron chi connectivity index (χ1n) is 7.99. The summed E-state index contributed by atoms with van der Waals surface area (Å²) in [6, 6.07) is 12.9. The number of anilines is 1. The molecule has 2 N–H and O–H groups in total. The van der Waals surface area contributed by atoms with Gasteiger partial charge in [0.15, 0.2) is 5.69 Å². The van der Waals surface area contributed by atoms with Crippen molar-refractivity contribution in [2.24, 2.45) is 0 Å². The quantitative estimate of drug-likeness (QED) is 0.588. The molecule has 0 aliphatic heterocycles. The molecule has 0 radical (unpaired) electrons. The van der Waals surface area contributed by atoms with Gasteiger partial charge in [0.05, 0.1) is 11.7 Å². The van der Waals surface area contributed by atoms with Crippen LogP contribution in [-0.4, -0.2) is 26.1 Å². The van der Waals surface area contributed by atoms with Crippen LogP contribution in [0.4, 0.5) is 5.69 Å². The second-order valence-corrected chi connectivity index (χ2v) is 5.75. The molecule has 1 amide bonds. The van der Waals surface area contributed by atoms with E-state index in [4.69, 9.17) is 4.74 Å². The molecule has 0 spiro atoms. The normalized spacial score (nSPS) is 10.7. The van der Waals surface area contributed by atoms with Gasteiger partial charge in [0.25, 0.3) is 5.91 Å². The van der Waals surface area contributed by atoms with E-state index in [9.17, 15) is 4.79 Å². The molecule has 26 heavy (non-hydrogen) atoms. The average Bonchev–Trinajstić information content (AvgIpc) is 3.06. The van der Waals surface area contributed by atoms with Crippen molar-refractivity contribution >= 4 is 22.5 Å². The molecule has 0 saturated heterocycles. The van der Waals surface area contributed by atoms with Crippen molar-refractivity contribution in [3.05, 3.63) is 72.3 Å². The van der Waals surface area contributed by atoms with Crippen molar-refractivity contribution in [3.63, 3.8) is 0 Å². The Morgan fingerprint density at radius 1 is 1.15 bits per heavy atom. The van der Waals surface area contributed by atoms with Crippen molar-refractivity contribution in [3.8, 4) is 11.6 Å². The Labute approximate surface area is 149 Å². The first-order valence-corrected chi connectivity index (χ1v) is 7.99. The number of fused-ring (bicyclic) bond motifs is 1. The van der Waals surface area contributed by atoms with Crippen LogP contribution in [0.15, 0.2) is 61.1 Å². The maximum Gasteiger partial charge on any atom is 0.276 e. The summed E-state index contributed by atoms with van der Waals surface area (Å²) >= 11 is 0. The molecule has 128 valence electrons. The Morgan fingerprint density at radius 3 is 2.92 bits per heavy atom. The van der Waals surface area contributed by atoms with Gasteiger partial charge in [-0.15, -0.1) is 0 Å². The van der Waals surface area contributed by atoms with Gasteiger partial charge in [0.2, 0.25) is 5.88 Å². The molecule has 0 unspecified atom stereocenters. The minimum Gasteiger partial charge on any atom is -0.437 e. The number of carbonyl (C=O) groups excluding carboxylic acids is 1. The minimum atomic E-state index is -0.293. The Kier molecular flexibility index (Phi) is 4.03. The number of aromatic nitrogens is 4. The van der Waals surface area contributed by atoms with E-state index < -0.39 is 0 Å². The molecule has 2 heterocycles. The monoisotopic (exact) mass is 345 g/mol. The van der Waals surface area contributed by atoms with Crippen LogP contribution >= 0.6 is 0 Å². The number of rotatable bonds is 4. The van der Waals surface area contributed by atoms with Gasteiger partial charge in [-0.1, -0.05) is 17.7 Å². The SMILES string of the molecule is Cc1ccc2[nH]nc(C(=O)Nc3cccc(Oc4cnccn4)c3)c2c1. The maximum atomic E-state index is 12.6. The highest BCUT2D eigenvalue weighted by Gasteiger charge is 2.14. The van der Waals surface area contributed by atoms with Gasteiger partial charge >= 0.3 is 0 Å². The number of hydrogen-bond donors (Lipinski definition) is 2. The van der Waals surface area contributed by atoms with Crippen LogP contribution in [0.25, 0.3) is 10.9 Å². The molecule has 0 bridgehead atoms. The topological polar surface area (TPSA) is 92.8 Å². The Morgan fingerprint density at radius 2 is 2.08 bits per heavy atom. The van der Waals surface area contributed by atoms with E-state index in [0.29, 0.717) is 23.0 Å². The van der Waals surface area contributed by atoms with Crippen molar-refractivity contribution in [1.82, 2.24) is 20.2 Å². The summed E-state index contributed by atoms with van der Waals surface area (Å²) in [5.74, 6) is 0.634. The number of benzene rings is 2. The summed E-state index contributed by atoms with van der Waals surface area (Å²) in [5, 5.41) is 10.6. The summed E-state index contributed by atoms with van der Waals surface area (Å²) < 4.78 is 5.63. The molecule has 0 fully saturated rings. The second-order valence-electron chi connectivity index (χ2n) is 5.75. The lowest BCUT2D eigenvalue weighted by Crippen LogP contribution is -2.12. The fraction of sp³-hybridized carbons (Fsp3) is 0.0526. The van der Waals surface area contributed by atoms with Gasteiger partial charge in [0.1, 0.15) is 5.75 Å². The molecule has 4 aromatic rings. The first-order chi connectivity index (χ1) is 12.7. The third kappa shape index (κ3) is 3.23. The smallest absolute Gasteiger partial charge is 0.276 e. The lowest BCUT2D eigenvalue weighted by atomic mass is 10.1. The van der Waals surface area contributed by atoms with Crippen LogP contribution in [0.1, 0.15) is 16.1 Å². The zero-order chi connectivity index (χ0) is 17.9. The molecule has 2 aromatic heterocycles. The van der Waals surface area contributed by atoms with Crippen LogP contribution in [0.2, 0.25) is 0 Å². The number of H-pyrrole nitrogens is 1. The Balaban J connectivity index is 1.56. The highest BCUT2D eigenvalue weighted by molar-refractivity contribution is 6.11. The number of aromatic amines is 1. The zero-order valence-corrected chi connectivity index (χ0v) is 13.9. The number of carbonyl (C=O) groups is 1. The van der Waals surface area contributed by atoms with Crippen molar-refractivity contribution in [1.29, 1.82) is 0 Å². The standard InChI is InChI=1S/C19H15N5O2/c1-12-5-6-16-15(9-12)18(24-23-16)19(25)22-13-3-2-4-14(10-13)26-17-11-20-7-8-21-17/h2-11H,1H3,(H,22,25)(H,23,24). The number of ether oxygens (including phenoxy) is 1. The lowest BCUT2D eigenvalue weighted by molar-refractivity contribution is 0.102. The van der Waals surface area contributed by atoms with E-state index in [-0.39, 0.29) is 5.91 Å². The fourth-order valence-corrected chi connectivity index (χ4v) is 2.59. The average molecular weight is 345 g/mol. The van der Waals surface area contributed by atoms with E-state index >= 15 is 0 Å². The summed E-state index contributed by atoms with van der Waals surface area (Å²) in [7, 11) is 0. The second kappa shape index (κ2) is 6.64. The number of nitrogens with zero attached hydrogens (tertiary/aromatic N) is 3. The zero-order valence-electron chi connectivity index (χ0n) is 13.9. The van der Waals surface area contributed by atoms with Crippen LogP contribution < -0.4 is 10.1 Å². The van der Waals surface area contributed by atoms with Crippen molar-refractivity contribution < 1.29 is 9.53 Å². The Bertz CT molecular complexity index is 1080. The van der Waals surface area contributed by atoms with Crippen LogP contribution in [0.5, 0.6) is 11.6 Å². The lowest BCUT2D eigenvalue weighted by Gasteiger charge is -2.07. The Hall–Kier alpha value is -3.74. The molecule has 4 rings (SSSR count). The largest absolute Gasteiger partial charge is 0.437 e. The summed E-state index contributed by atoms with van der Waals surface area (Å²) in [4.78, 5) is 20.6. The number of aryl methyl sites for hydroxylation is 1. The molecule has 0 aliphatic carbocycles. The number of amides is 1. The first kappa shape index (κ1) is 15.8. The number of hydrogen-bond acceptors (Lipinski definition) is 5. The molecular formula is C19H15N5O2. The highest BCUT2D eigenvalue weighted by Crippen LogP contribution is 2.23. The van der Waals surface area contributed by atoms with Crippen molar-refractivity contribution in [2.75, 3.05) is 5.32 Å². The third-order valence-corrected chi connectivity index (χ3v) is 3.79. The summed E-state index contributed by atoms with van der Waals surface area (Å²) in [6.45, 7) is 1.97. The van der Waals surface area contributed by atoms with E-state index in [1.165, 1.54) is 6.20 Å². The molecule has 0 saturated carbocycles. The van der Waals surface area contributed by atoms with Gasteiger partial charge in [-0.25, -0.2) is 4.98 Å². The van der Waals surface area contributed by atoms with Gasteiger partial charge in [-0.2, -0.15) is 5.10 Å². The molecule has 7 heteroatoms. The fourth-order valence-electron chi connectivity index (χ4n) is 2.59. The summed E-state index contributed by atoms with van der Waals surface area (Å²) in [5.41, 5.74) is 2.83. The van der Waals surface area contributed by atoms with Crippen LogP contribution in [0.3, 0.4) is 0 Å². The van der Waals surface area contributed by atoms with Gasteiger partial charge in [0, 0.05) is 29.5 Å². The third-order valence-electron chi connectivity index (χ3n) is 3.79. The molecule has 7 nitrogen and oxygen atoms in total. The van der Waals surface area contributed by atoms with Gasteiger partial charge in [-0.3, -0.25) is 14.9 Å². The maximum absolute atomic E-state index is 12.6. The van der Waals surface area contributed by atoms with Gasteiger partial charge in [-0.05, 0) is 31.2 Å². The number of nitrogens with one attached hydrogen (secondary N) is 2. The van der Waals surface area contributed by atoms with Crippen LogP contribution in [0, 0.1) is 6.92 Å². The minimum absolute atomic E-state index is 0.293. The molecule has 0 aliphatic rings. The van der Waals surface area contributed by atoms with Gasteiger partial charge < -0.3 is 10.1 Å². The van der Waals surface area contributed by atoms with E-state index in [1.807, 2.05) is 25.1 Å². The van der Waals surface area contributed by atoms with E-state index in [1.54, 1.807) is 36.7 Å². The molecule has 0 atom stereocenters. The van der Waals surface area contributed by atoms with E-state index in [2.05, 4.69) is 25.5 Å². The highest BCUT2D eigenvalue weighted by atomic mass is 16.5. The predicted octanol–water partition coefficient (Wildman–Crippen LogP) is 3.71. The van der Waals surface area contributed by atoms with Crippen LogP contribution in [-0.2, 0) is 0 Å². The molecular weight excluding hydrogens is 330 g/mol. The predicted molar refractivity (Wildman–Crippen MR) is 97.3 cm³/mol.